The minimum atomic E-state index is -4.12. The molecular formula is C20H27ClFN5O2S2. The lowest BCUT2D eigenvalue weighted by Crippen LogP contribution is -2.62. The summed E-state index contributed by atoms with van der Waals surface area (Å²) >= 11 is 7.52. The summed E-state index contributed by atoms with van der Waals surface area (Å²) < 4.78 is 42.3. The molecule has 0 spiro atoms. The van der Waals surface area contributed by atoms with Gasteiger partial charge in [0.1, 0.15) is 10.7 Å². The van der Waals surface area contributed by atoms with Gasteiger partial charge in [-0.2, -0.15) is 0 Å². The molecule has 1 aromatic heterocycles. The minimum Gasteiger partial charge on any atom is -0.379 e. The molecule has 0 radical (unpaired) electrons. The fraction of sp³-hybridized carbons (Fsp3) is 0.550. The predicted molar refractivity (Wildman–Crippen MR) is 123 cm³/mol. The van der Waals surface area contributed by atoms with Gasteiger partial charge in [0.25, 0.3) is 10.0 Å². The van der Waals surface area contributed by atoms with Crippen LogP contribution in [-0.2, 0) is 10.0 Å². The second-order valence-corrected chi connectivity index (χ2v) is 11.3. The average Bonchev–Trinajstić information content (AvgIpc) is 3.20. The van der Waals surface area contributed by atoms with E-state index in [0.717, 1.165) is 56.2 Å². The van der Waals surface area contributed by atoms with Gasteiger partial charge in [0.2, 0.25) is 0 Å². The van der Waals surface area contributed by atoms with Crippen LogP contribution in [0.15, 0.2) is 28.6 Å². The summed E-state index contributed by atoms with van der Waals surface area (Å²) in [5.41, 5.74) is 0.420. The van der Waals surface area contributed by atoms with Gasteiger partial charge in [0, 0.05) is 42.8 Å². The number of hydrogen-bond donors (Lipinski definition) is 2. The number of aromatic nitrogens is 1. The van der Waals surface area contributed by atoms with Crippen molar-refractivity contribution in [2.24, 2.45) is 0 Å². The van der Waals surface area contributed by atoms with Crippen LogP contribution in [0.1, 0.15) is 25.7 Å². The number of benzene rings is 1. The first-order valence-electron chi connectivity index (χ1n) is 10.3. The van der Waals surface area contributed by atoms with Crippen LogP contribution >= 0.6 is 22.9 Å². The van der Waals surface area contributed by atoms with Gasteiger partial charge in [0.15, 0.2) is 5.13 Å². The molecule has 31 heavy (non-hydrogen) atoms. The van der Waals surface area contributed by atoms with Gasteiger partial charge < -0.3 is 10.2 Å². The normalized spacial score (nSPS) is 23.0. The van der Waals surface area contributed by atoms with E-state index in [1.54, 1.807) is 5.38 Å². The van der Waals surface area contributed by atoms with Crippen LogP contribution in [0.2, 0.25) is 5.02 Å². The molecule has 1 saturated heterocycles. The number of sulfonamides is 1. The minimum absolute atomic E-state index is 0.123. The zero-order chi connectivity index (χ0) is 22.2. The van der Waals surface area contributed by atoms with Gasteiger partial charge >= 0.3 is 0 Å². The molecule has 1 aliphatic heterocycles. The second-order valence-electron chi connectivity index (χ2n) is 8.35. The lowest BCUT2D eigenvalue weighted by Gasteiger charge is -2.48. The Labute approximate surface area is 191 Å². The van der Waals surface area contributed by atoms with Crippen molar-refractivity contribution in [1.29, 1.82) is 0 Å². The van der Waals surface area contributed by atoms with Crippen molar-refractivity contribution in [1.82, 2.24) is 14.8 Å². The highest BCUT2D eigenvalue weighted by atomic mass is 35.5. The molecule has 1 aliphatic carbocycles. The first-order valence-corrected chi connectivity index (χ1v) is 13.1. The Morgan fingerprint density at radius 2 is 2.03 bits per heavy atom. The van der Waals surface area contributed by atoms with Crippen molar-refractivity contribution in [3.05, 3.63) is 34.5 Å². The van der Waals surface area contributed by atoms with E-state index in [1.165, 1.54) is 12.3 Å². The van der Waals surface area contributed by atoms with E-state index in [0.29, 0.717) is 17.8 Å². The molecule has 11 heteroatoms. The third kappa shape index (κ3) is 4.98. The molecular weight excluding hydrogens is 461 g/mol. The quantitative estimate of drug-likeness (QED) is 0.620. The van der Waals surface area contributed by atoms with Crippen molar-refractivity contribution < 1.29 is 12.8 Å². The van der Waals surface area contributed by atoms with Crippen molar-refractivity contribution in [2.75, 3.05) is 37.2 Å². The Morgan fingerprint density at radius 1 is 1.29 bits per heavy atom. The fourth-order valence-electron chi connectivity index (χ4n) is 4.45. The lowest BCUT2D eigenvalue weighted by molar-refractivity contribution is 0.0269. The van der Waals surface area contributed by atoms with Crippen LogP contribution < -0.4 is 10.0 Å². The van der Waals surface area contributed by atoms with Crippen LogP contribution in [0.25, 0.3) is 0 Å². The number of nitrogens with zero attached hydrogens (tertiary/aromatic N) is 3. The molecule has 0 bridgehead atoms. The molecule has 2 fully saturated rings. The Kier molecular flexibility index (Phi) is 6.73. The summed E-state index contributed by atoms with van der Waals surface area (Å²) in [6.07, 6.45) is 5.76. The maximum absolute atomic E-state index is 14.8. The van der Waals surface area contributed by atoms with Gasteiger partial charge in [-0.1, -0.05) is 24.4 Å². The van der Waals surface area contributed by atoms with Crippen molar-refractivity contribution >= 4 is 43.8 Å². The summed E-state index contributed by atoms with van der Waals surface area (Å²) in [7, 11) is 0.146. The predicted octanol–water partition coefficient (Wildman–Crippen LogP) is 3.71. The molecule has 170 valence electrons. The molecule has 2 heterocycles. The first kappa shape index (κ1) is 22.7. The average molecular weight is 488 g/mol. The molecule has 2 N–H and O–H groups in total. The molecule has 0 amide bonds. The summed E-state index contributed by atoms with van der Waals surface area (Å²) in [6, 6.07) is 3.31. The number of likely N-dealkylation sites (tertiary alicyclic amines) is 1. The zero-order valence-corrected chi connectivity index (χ0v) is 19.9. The fourth-order valence-corrected chi connectivity index (χ4v) is 6.61. The van der Waals surface area contributed by atoms with Crippen LogP contribution in [0.5, 0.6) is 0 Å². The highest BCUT2D eigenvalue weighted by Gasteiger charge is 2.36. The topological polar surface area (TPSA) is 77.6 Å². The number of rotatable bonds is 7. The van der Waals surface area contributed by atoms with Gasteiger partial charge in [-0.25, -0.2) is 17.8 Å². The molecule has 2 aliphatic rings. The summed E-state index contributed by atoms with van der Waals surface area (Å²) in [4.78, 5) is 8.11. The van der Waals surface area contributed by atoms with E-state index < -0.39 is 20.7 Å². The standard InChI is InChI=1S/C20H27ClFN5O2S2/c1-26-11-13(12-26)27(2)18-6-4-3-5-16(18)24-17-10-15(22)19(9-14(17)21)31(28,29)25-20-23-7-8-30-20/h7-10,13,16,18,24H,3-6,11-12H2,1-2H3,(H,23,25)/t16-,18-/m0/s1. The van der Waals surface area contributed by atoms with E-state index in [1.807, 2.05) is 0 Å². The number of nitrogens with one attached hydrogen (secondary N) is 2. The third-order valence-electron chi connectivity index (χ3n) is 6.18. The SMILES string of the molecule is CN1CC(N(C)[C@H]2CCCC[C@@H]2Nc2cc(F)c(S(=O)(=O)Nc3nccs3)cc2Cl)C1. The highest BCUT2D eigenvalue weighted by Crippen LogP contribution is 2.33. The van der Waals surface area contributed by atoms with E-state index >= 15 is 0 Å². The zero-order valence-electron chi connectivity index (χ0n) is 17.5. The van der Waals surface area contributed by atoms with Gasteiger partial charge in [-0.3, -0.25) is 9.62 Å². The second kappa shape index (κ2) is 9.19. The van der Waals surface area contributed by atoms with Gasteiger partial charge in [-0.05, 0) is 39.1 Å². The molecule has 4 rings (SSSR count). The monoisotopic (exact) mass is 487 g/mol. The smallest absolute Gasteiger partial charge is 0.266 e. The van der Waals surface area contributed by atoms with Crippen molar-refractivity contribution in [2.45, 2.75) is 48.7 Å². The molecule has 7 nitrogen and oxygen atoms in total. The molecule has 1 saturated carbocycles. The van der Waals surface area contributed by atoms with Crippen LogP contribution in [0.3, 0.4) is 0 Å². The molecule has 0 unspecified atom stereocenters. The Morgan fingerprint density at radius 3 is 2.71 bits per heavy atom. The number of hydrogen-bond acceptors (Lipinski definition) is 7. The number of anilines is 2. The Hall–Kier alpha value is -1.46. The first-order chi connectivity index (χ1) is 14.7. The lowest BCUT2D eigenvalue weighted by atomic mass is 9.87. The molecule has 2 atom stereocenters. The highest BCUT2D eigenvalue weighted by molar-refractivity contribution is 7.93. The Balaban J connectivity index is 1.52. The van der Waals surface area contributed by atoms with Gasteiger partial charge in [0.05, 0.1) is 10.7 Å². The van der Waals surface area contributed by atoms with Crippen LogP contribution in [0, 0.1) is 5.82 Å². The van der Waals surface area contributed by atoms with Crippen molar-refractivity contribution in [3.63, 3.8) is 0 Å². The largest absolute Gasteiger partial charge is 0.379 e. The molecule has 2 aromatic rings. The van der Waals surface area contributed by atoms with Crippen molar-refractivity contribution in [3.8, 4) is 0 Å². The third-order valence-corrected chi connectivity index (χ3v) is 8.66. The number of halogens is 2. The molecule has 1 aromatic carbocycles. The van der Waals surface area contributed by atoms with E-state index in [-0.39, 0.29) is 16.2 Å². The van der Waals surface area contributed by atoms with E-state index in [4.69, 9.17) is 11.6 Å². The number of thiazole rings is 1. The van der Waals surface area contributed by atoms with Crippen LogP contribution in [-0.4, -0.2) is 68.5 Å². The summed E-state index contributed by atoms with van der Waals surface area (Å²) in [5, 5.41) is 5.39. The van der Waals surface area contributed by atoms with Gasteiger partial charge in [-0.15, -0.1) is 11.3 Å². The van der Waals surface area contributed by atoms with E-state index in [9.17, 15) is 12.8 Å². The van der Waals surface area contributed by atoms with Crippen LogP contribution in [0.4, 0.5) is 15.2 Å². The Bertz CT molecular complexity index is 1010. The summed E-state index contributed by atoms with van der Waals surface area (Å²) in [5.74, 6) is -0.850. The van der Waals surface area contributed by atoms with E-state index in [2.05, 4.69) is 38.9 Å². The maximum Gasteiger partial charge on any atom is 0.266 e. The number of likely N-dealkylation sites (N-methyl/N-ethyl adjacent to an activating group) is 2. The maximum atomic E-state index is 14.8. The summed E-state index contributed by atoms with van der Waals surface area (Å²) in [6.45, 7) is 2.10.